The molecule has 1 heterocycles. The minimum absolute atomic E-state index is 0.151. The Kier molecular flexibility index (Phi) is 4.16. The highest BCUT2D eigenvalue weighted by Gasteiger charge is 2.18. The van der Waals surface area contributed by atoms with E-state index in [-0.39, 0.29) is 12.5 Å². The number of ether oxygens (including phenoxy) is 1. The van der Waals surface area contributed by atoms with Crippen LogP contribution in [0.15, 0.2) is 18.2 Å². The SMILES string of the molecule is CCC(CNC(=O)c1ccc2c(c1)COC2)C(=O)O. The van der Waals surface area contributed by atoms with Crippen LogP contribution in [-0.2, 0) is 22.7 Å². The maximum atomic E-state index is 11.9. The van der Waals surface area contributed by atoms with Crippen LogP contribution < -0.4 is 5.32 Å². The largest absolute Gasteiger partial charge is 0.481 e. The van der Waals surface area contributed by atoms with Crippen LogP contribution >= 0.6 is 0 Å². The second-order valence-corrected chi connectivity index (χ2v) is 4.63. The molecule has 2 rings (SSSR count). The summed E-state index contributed by atoms with van der Waals surface area (Å²) < 4.78 is 5.29. The van der Waals surface area contributed by atoms with Crippen molar-refractivity contribution >= 4 is 11.9 Å². The number of rotatable bonds is 5. The first-order valence-electron chi connectivity index (χ1n) is 6.32. The Labute approximate surface area is 111 Å². The zero-order valence-corrected chi connectivity index (χ0v) is 10.8. The first-order chi connectivity index (χ1) is 9.11. The number of amides is 1. The molecular weight excluding hydrogens is 246 g/mol. The second-order valence-electron chi connectivity index (χ2n) is 4.63. The molecule has 1 aromatic carbocycles. The predicted molar refractivity (Wildman–Crippen MR) is 68.7 cm³/mol. The molecule has 1 unspecified atom stereocenters. The third-order valence-corrected chi connectivity index (χ3v) is 3.33. The van der Waals surface area contributed by atoms with Gasteiger partial charge < -0.3 is 15.2 Å². The van der Waals surface area contributed by atoms with E-state index in [1.165, 1.54) is 0 Å². The van der Waals surface area contributed by atoms with Crippen molar-refractivity contribution in [1.29, 1.82) is 0 Å². The lowest BCUT2D eigenvalue weighted by Crippen LogP contribution is -2.32. The number of hydrogen-bond donors (Lipinski definition) is 2. The molecule has 5 heteroatoms. The van der Waals surface area contributed by atoms with E-state index < -0.39 is 11.9 Å². The number of fused-ring (bicyclic) bond motifs is 1. The van der Waals surface area contributed by atoms with Crippen molar-refractivity contribution in [2.45, 2.75) is 26.6 Å². The van der Waals surface area contributed by atoms with E-state index in [4.69, 9.17) is 9.84 Å². The quantitative estimate of drug-likeness (QED) is 0.845. The minimum Gasteiger partial charge on any atom is -0.481 e. The van der Waals surface area contributed by atoms with Crippen molar-refractivity contribution < 1.29 is 19.4 Å². The molecule has 0 aliphatic carbocycles. The number of carboxylic acid groups (broad SMARTS) is 1. The van der Waals surface area contributed by atoms with Gasteiger partial charge in [-0.05, 0) is 29.7 Å². The van der Waals surface area contributed by atoms with Crippen molar-refractivity contribution in [2.75, 3.05) is 6.54 Å². The molecule has 1 amide bonds. The lowest BCUT2D eigenvalue weighted by molar-refractivity contribution is -0.141. The second kappa shape index (κ2) is 5.84. The molecule has 5 nitrogen and oxygen atoms in total. The topological polar surface area (TPSA) is 75.6 Å². The van der Waals surface area contributed by atoms with E-state index in [0.29, 0.717) is 25.2 Å². The summed E-state index contributed by atoms with van der Waals surface area (Å²) in [5.74, 6) is -1.67. The molecule has 0 radical (unpaired) electrons. The van der Waals surface area contributed by atoms with Gasteiger partial charge in [-0.25, -0.2) is 0 Å². The van der Waals surface area contributed by atoms with Crippen LogP contribution in [0.25, 0.3) is 0 Å². The highest BCUT2D eigenvalue weighted by molar-refractivity contribution is 5.94. The first kappa shape index (κ1) is 13.5. The molecule has 1 aliphatic heterocycles. The number of benzene rings is 1. The maximum absolute atomic E-state index is 11.9. The van der Waals surface area contributed by atoms with Crippen LogP contribution in [0.3, 0.4) is 0 Å². The molecule has 0 spiro atoms. The molecule has 0 saturated carbocycles. The van der Waals surface area contributed by atoms with Gasteiger partial charge in [-0.2, -0.15) is 0 Å². The molecule has 1 aromatic rings. The molecule has 0 bridgehead atoms. The predicted octanol–water partition coefficient (Wildman–Crippen LogP) is 1.56. The Hall–Kier alpha value is -1.88. The molecule has 0 aromatic heterocycles. The lowest BCUT2D eigenvalue weighted by atomic mass is 10.0. The van der Waals surface area contributed by atoms with Gasteiger partial charge in [0.05, 0.1) is 19.1 Å². The number of aliphatic carboxylic acids is 1. The summed E-state index contributed by atoms with van der Waals surface area (Å²) in [6.07, 6.45) is 0.494. The first-order valence-corrected chi connectivity index (χ1v) is 6.32. The zero-order chi connectivity index (χ0) is 13.8. The van der Waals surface area contributed by atoms with Gasteiger partial charge in [0.25, 0.3) is 5.91 Å². The van der Waals surface area contributed by atoms with Crippen LogP contribution in [0.2, 0.25) is 0 Å². The van der Waals surface area contributed by atoms with Gasteiger partial charge >= 0.3 is 5.97 Å². The Morgan fingerprint density at radius 3 is 2.79 bits per heavy atom. The minimum atomic E-state index is -0.884. The van der Waals surface area contributed by atoms with Crippen LogP contribution in [-0.4, -0.2) is 23.5 Å². The molecule has 2 N–H and O–H groups in total. The number of carbonyl (C=O) groups excluding carboxylic acids is 1. The Morgan fingerprint density at radius 2 is 2.11 bits per heavy atom. The van der Waals surface area contributed by atoms with Crippen molar-refractivity contribution in [3.63, 3.8) is 0 Å². The van der Waals surface area contributed by atoms with Crippen LogP contribution in [0.4, 0.5) is 0 Å². The van der Waals surface area contributed by atoms with Gasteiger partial charge in [-0.15, -0.1) is 0 Å². The van der Waals surface area contributed by atoms with Gasteiger partial charge in [0, 0.05) is 12.1 Å². The van der Waals surface area contributed by atoms with Crippen LogP contribution in [0, 0.1) is 5.92 Å². The van der Waals surface area contributed by atoms with Crippen molar-refractivity contribution in [2.24, 2.45) is 5.92 Å². The molecule has 0 saturated heterocycles. The highest BCUT2D eigenvalue weighted by atomic mass is 16.5. The van der Waals surface area contributed by atoms with Crippen LogP contribution in [0.1, 0.15) is 34.8 Å². The van der Waals surface area contributed by atoms with E-state index in [1.54, 1.807) is 19.1 Å². The standard InChI is InChI=1S/C14H17NO4/c1-2-9(14(17)18)6-15-13(16)10-3-4-11-7-19-8-12(11)5-10/h3-5,9H,2,6-8H2,1H3,(H,15,16)(H,17,18). The molecule has 0 fully saturated rings. The number of carbonyl (C=O) groups is 2. The van der Waals surface area contributed by atoms with E-state index in [0.717, 1.165) is 11.1 Å². The monoisotopic (exact) mass is 263 g/mol. The molecule has 102 valence electrons. The summed E-state index contributed by atoms with van der Waals surface area (Å²) in [5, 5.41) is 11.6. The zero-order valence-electron chi connectivity index (χ0n) is 10.8. The van der Waals surface area contributed by atoms with E-state index >= 15 is 0 Å². The molecular formula is C14H17NO4. The Balaban J connectivity index is 1.98. The third kappa shape index (κ3) is 3.12. The van der Waals surface area contributed by atoms with E-state index in [1.807, 2.05) is 6.07 Å². The Bertz CT molecular complexity index is 498. The number of carboxylic acids is 1. The molecule has 1 aliphatic rings. The normalized spacial score (nSPS) is 14.8. The van der Waals surface area contributed by atoms with Gasteiger partial charge in [0.2, 0.25) is 0 Å². The fourth-order valence-corrected chi connectivity index (χ4v) is 2.04. The van der Waals surface area contributed by atoms with Gasteiger partial charge in [-0.1, -0.05) is 13.0 Å². The fourth-order valence-electron chi connectivity index (χ4n) is 2.04. The maximum Gasteiger partial charge on any atom is 0.308 e. The fraction of sp³-hybridized carbons (Fsp3) is 0.429. The van der Waals surface area contributed by atoms with Gasteiger partial charge in [-0.3, -0.25) is 9.59 Å². The number of hydrogen-bond acceptors (Lipinski definition) is 3. The van der Waals surface area contributed by atoms with Crippen molar-refractivity contribution in [3.05, 3.63) is 34.9 Å². The summed E-state index contributed by atoms with van der Waals surface area (Å²) in [6.45, 7) is 3.06. The lowest BCUT2D eigenvalue weighted by Gasteiger charge is -2.11. The number of nitrogens with one attached hydrogen (secondary N) is 1. The van der Waals surface area contributed by atoms with E-state index in [2.05, 4.69) is 5.32 Å². The average Bonchev–Trinajstić information content (AvgIpc) is 2.85. The summed E-state index contributed by atoms with van der Waals surface area (Å²) in [6, 6.07) is 5.43. The van der Waals surface area contributed by atoms with Gasteiger partial charge in [0.1, 0.15) is 0 Å². The Morgan fingerprint density at radius 1 is 1.37 bits per heavy atom. The summed E-state index contributed by atoms with van der Waals surface area (Å²) in [5.41, 5.74) is 2.68. The van der Waals surface area contributed by atoms with Crippen LogP contribution in [0.5, 0.6) is 0 Å². The molecule has 19 heavy (non-hydrogen) atoms. The smallest absolute Gasteiger partial charge is 0.308 e. The summed E-state index contributed by atoms with van der Waals surface area (Å²) in [4.78, 5) is 22.8. The third-order valence-electron chi connectivity index (χ3n) is 3.33. The summed E-state index contributed by atoms with van der Waals surface area (Å²) >= 11 is 0. The van der Waals surface area contributed by atoms with E-state index in [9.17, 15) is 9.59 Å². The van der Waals surface area contributed by atoms with Gasteiger partial charge in [0.15, 0.2) is 0 Å². The highest BCUT2D eigenvalue weighted by Crippen LogP contribution is 2.20. The van der Waals surface area contributed by atoms with Crippen molar-refractivity contribution in [1.82, 2.24) is 5.32 Å². The molecule has 1 atom stereocenters. The average molecular weight is 263 g/mol. The summed E-state index contributed by atoms with van der Waals surface area (Å²) in [7, 11) is 0. The van der Waals surface area contributed by atoms with Crippen molar-refractivity contribution in [3.8, 4) is 0 Å².